The summed E-state index contributed by atoms with van der Waals surface area (Å²) in [5, 5.41) is 7.23. The van der Waals surface area contributed by atoms with Gasteiger partial charge in [-0.15, -0.1) is 0 Å². The number of ether oxygens (including phenoxy) is 1. The Morgan fingerprint density at radius 1 is 1.33 bits per heavy atom. The normalized spacial score (nSPS) is 21.6. The molecule has 0 saturated heterocycles. The van der Waals surface area contributed by atoms with Crippen LogP contribution in [0.15, 0.2) is 23.2 Å². The second kappa shape index (κ2) is 11.3. The first-order valence-corrected chi connectivity index (χ1v) is 11.5. The van der Waals surface area contributed by atoms with Gasteiger partial charge in [0.1, 0.15) is 5.75 Å². The van der Waals surface area contributed by atoms with Crippen molar-refractivity contribution in [2.24, 2.45) is 4.99 Å². The van der Waals surface area contributed by atoms with Crippen LogP contribution >= 0.6 is 0 Å². The van der Waals surface area contributed by atoms with Gasteiger partial charge in [0.2, 0.25) is 0 Å². The highest BCUT2D eigenvalue weighted by Gasteiger charge is 2.25. The van der Waals surface area contributed by atoms with Crippen molar-refractivity contribution in [3.05, 3.63) is 29.3 Å². The van der Waals surface area contributed by atoms with Gasteiger partial charge in [0.25, 0.3) is 0 Å². The first kappa shape index (κ1) is 21.7. The maximum absolute atomic E-state index is 12.2. The Kier molecular flexibility index (Phi) is 9.11. The van der Waals surface area contributed by atoms with Crippen molar-refractivity contribution in [3.63, 3.8) is 0 Å². The third-order valence-electron chi connectivity index (χ3n) is 5.11. The van der Waals surface area contributed by atoms with Crippen molar-refractivity contribution in [1.82, 2.24) is 10.6 Å². The first-order chi connectivity index (χ1) is 13.1. The van der Waals surface area contributed by atoms with Crippen molar-refractivity contribution in [3.8, 4) is 5.75 Å². The van der Waals surface area contributed by atoms with E-state index in [2.05, 4.69) is 42.7 Å². The number of hydrogen-bond donors (Lipinski definition) is 2. The van der Waals surface area contributed by atoms with E-state index < -0.39 is 10.8 Å². The van der Waals surface area contributed by atoms with E-state index in [0.29, 0.717) is 11.3 Å². The molecule has 1 aromatic carbocycles. The van der Waals surface area contributed by atoms with Crippen LogP contribution in [0, 0.1) is 6.92 Å². The van der Waals surface area contributed by atoms with Crippen molar-refractivity contribution < 1.29 is 8.95 Å². The Labute approximate surface area is 166 Å². The Morgan fingerprint density at radius 3 is 2.85 bits per heavy atom. The highest BCUT2D eigenvalue weighted by molar-refractivity contribution is 7.85. The molecule has 2 N–H and O–H groups in total. The van der Waals surface area contributed by atoms with Gasteiger partial charge in [-0.05, 0) is 56.7 Å². The van der Waals surface area contributed by atoms with Crippen molar-refractivity contribution in [2.75, 3.05) is 26.0 Å². The summed E-state index contributed by atoms with van der Waals surface area (Å²) >= 11 is 0. The van der Waals surface area contributed by atoms with E-state index in [1.807, 2.05) is 6.92 Å². The summed E-state index contributed by atoms with van der Waals surface area (Å²) in [5.74, 6) is 2.55. The number of methoxy groups -OCH3 is 1. The third-order valence-corrected chi connectivity index (χ3v) is 6.85. The molecule has 0 aliphatic heterocycles. The molecule has 3 atom stereocenters. The molecule has 1 aliphatic carbocycles. The lowest BCUT2D eigenvalue weighted by Crippen LogP contribution is -2.46. The van der Waals surface area contributed by atoms with Crippen LogP contribution in [0.1, 0.15) is 50.7 Å². The van der Waals surface area contributed by atoms with E-state index >= 15 is 0 Å². The SMILES string of the molecule is CCNC(=NCCc1ccc(C)c(OC)c1)NC1CCCC(S(=O)CC)C1. The fourth-order valence-corrected chi connectivity index (χ4v) is 4.93. The highest BCUT2D eigenvalue weighted by atomic mass is 32.2. The molecule has 0 amide bonds. The Morgan fingerprint density at radius 2 is 2.15 bits per heavy atom. The Balaban J connectivity index is 1.92. The molecule has 1 saturated carbocycles. The number of benzene rings is 1. The zero-order valence-corrected chi connectivity index (χ0v) is 18.0. The lowest BCUT2D eigenvalue weighted by Gasteiger charge is -2.30. The molecule has 0 spiro atoms. The van der Waals surface area contributed by atoms with E-state index in [9.17, 15) is 4.21 Å². The number of nitrogens with one attached hydrogen (secondary N) is 2. The van der Waals surface area contributed by atoms with E-state index in [-0.39, 0.29) is 0 Å². The van der Waals surface area contributed by atoms with Gasteiger partial charge >= 0.3 is 0 Å². The molecule has 1 aromatic rings. The number of hydrogen-bond acceptors (Lipinski definition) is 3. The van der Waals surface area contributed by atoms with E-state index in [4.69, 9.17) is 9.73 Å². The van der Waals surface area contributed by atoms with Gasteiger partial charge in [-0.25, -0.2) is 0 Å². The molecule has 3 unspecified atom stereocenters. The van der Waals surface area contributed by atoms with Gasteiger partial charge in [0.15, 0.2) is 5.96 Å². The molecule has 2 rings (SSSR count). The molecule has 5 nitrogen and oxygen atoms in total. The number of aryl methyl sites for hydroxylation is 1. The van der Waals surface area contributed by atoms with Crippen LogP contribution in [0.2, 0.25) is 0 Å². The molecule has 1 fully saturated rings. The predicted molar refractivity (Wildman–Crippen MR) is 115 cm³/mol. The van der Waals surface area contributed by atoms with E-state index in [1.54, 1.807) is 7.11 Å². The van der Waals surface area contributed by atoms with Gasteiger partial charge < -0.3 is 15.4 Å². The number of guanidine groups is 1. The van der Waals surface area contributed by atoms with Crippen LogP contribution in [-0.2, 0) is 17.2 Å². The first-order valence-electron chi connectivity index (χ1n) is 10.1. The molecule has 1 aliphatic rings. The number of rotatable bonds is 8. The summed E-state index contributed by atoms with van der Waals surface area (Å²) in [4.78, 5) is 4.75. The summed E-state index contributed by atoms with van der Waals surface area (Å²) in [5.41, 5.74) is 2.38. The van der Waals surface area contributed by atoms with Gasteiger partial charge in [0, 0.05) is 40.9 Å². The van der Waals surface area contributed by atoms with E-state index in [0.717, 1.165) is 68.2 Å². The van der Waals surface area contributed by atoms with Crippen molar-refractivity contribution in [1.29, 1.82) is 0 Å². The van der Waals surface area contributed by atoms with Crippen LogP contribution < -0.4 is 15.4 Å². The molecule has 0 heterocycles. The zero-order chi connectivity index (χ0) is 19.6. The van der Waals surface area contributed by atoms with Gasteiger partial charge in [0.05, 0.1) is 7.11 Å². The van der Waals surface area contributed by atoms with Crippen molar-refractivity contribution in [2.45, 2.75) is 64.2 Å². The van der Waals surface area contributed by atoms with Crippen molar-refractivity contribution >= 4 is 16.8 Å². The van der Waals surface area contributed by atoms with Crippen LogP contribution in [0.25, 0.3) is 0 Å². The minimum absolute atomic E-state index is 0.323. The lowest BCUT2D eigenvalue weighted by atomic mass is 9.95. The van der Waals surface area contributed by atoms with Crippen LogP contribution in [-0.4, -0.2) is 47.4 Å². The Bertz CT molecular complexity index is 648. The monoisotopic (exact) mass is 393 g/mol. The minimum atomic E-state index is -0.700. The molecule has 6 heteroatoms. The molecule has 0 bridgehead atoms. The molecule has 0 aromatic heterocycles. The summed E-state index contributed by atoms with van der Waals surface area (Å²) in [7, 11) is 1.01. The Hall–Kier alpha value is -1.56. The second-order valence-electron chi connectivity index (χ2n) is 7.11. The largest absolute Gasteiger partial charge is 0.496 e. The van der Waals surface area contributed by atoms with Crippen LogP contribution in [0.5, 0.6) is 5.75 Å². The molecule has 0 radical (unpaired) electrons. The summed E-state index contributed by atoms with van der Waals surface area (Å²) in [6, 6.07) is 6.69. The molecular formula is C21H35N3O2S. The zero-order valence-electron chi connectivity index (χ0n) is 17.2. The average Bonchev–Trinajstić information content (AvgIpc) is 2.69. The highest BCUT2D eigenvalue weighted by Crippen LogP contribution is 2.23. The van der Waals surface area contributed by atoms with E-state index in [1.165, 1.54) is 5.56 Å². The lowest BCUT2D eigenvalue weighted by molar-refractivity contribution is 0.411. The topological polar surface area (TPSA) is 62.7 Å². The predicted octanol–water partition coefficient (Wildman–Crippen LogP) is 3.18. The summed E-state index contributed by atoms with van der Waals surface area (Å²) in [6.07, 6.45) is 5.19. The number of aliphatic imine (C=N–C) groups is 1. The molecule has 27 heavy (non-hydrogen) atoms. The second-order valence-corrected chi connectivity index (χ2v) is 9.12. The quantitative estimate of drug-likeness (QED) is 0.526. The maximum atomic E-state index is 12.2. The van der Waals surface area contributed by atoms with Crippen LogP contribution in [0.4, 0.5) is 0 Å². The minimum Gasteiger partial charge on any atom is -0.496 e. The molecule has 152 valence electrons. The fourth-order valence-electron chi connectivity index (χ4n) is 3.58. The average molecular weight is 394 g/mol. The van der Waals surface area contributed by atoms with Crippen LogP contribution in [0.3, 0.4) is 0 Å². The molecular weight excluding hydrogens is 358 g/mol. The maximum Gasteiger partial charge on any atom is 0.191 e. The standard InChI is InChI=1S/C21H35N3O2S/c1-5-22-21(24-18-8-7-9-19(15-18)27(25)6-2)23-13-12-17-11-10-16(3)20(14-17)26-4/h10-11,14,18-19H,5-9,12-13,15H2,1-4H3,(H2,22,23,24). The third kappa shape index (κ3) is 6.83. The van der Waals surface area contributed by atoms with Gasteiger partial charge in [-0.1, -0.05) is 25.5 Å². The van der Waals surface area contributed by atoms with Gasteiger partial charge in [-0.2, -0.15) is 0 Å². The smallest absolute Gasteiger partial charge is 0.191 e. The number of nitrogens with zero attached hydrogens (tertiary/aromatic N) is 1. The fraction of sp³-hybridized carbons (Fsp3) is 0.667. The van der Waals surface area contributed by atoms with Gasteiger partial charge in [-0.3, -0.25) is 9.20 Å². The summed E-state index contributed by atoms with van der Waals surface area (Å²) < 4.78 is 17.6. The summed E-state index contributed by atoms with van der Waals surface area (Å²) in [6.45, 7) is 7.70.